The molecule has 1 N–H and O–H groups in total. The van der Waals surface area contributed by atoms with Gasteiger partial charge in [0.15, 0.2) is 0 Å². The molecule has 1 aliphatic rings. The van der Waals surface area contributed by atoms with Gasteiger partial charge in [0.2, 0.25) is 5.91 Å². The number of likely N-dealkylation sites (tertiary alicyclic amines) is 1. The number of aryl methyl sites for hydroxylation is 2. The van der Waals surface area contributed by atoms with Gasteiger partial charge >= 0.3 is 0 Å². The number of aliphatic hydroxyl groups is 1. The second-order valence-corrected chi connectivity index (χ2v) is 5.38. The molecule has 1 aromatic carbocycles. The molecule has 19 heavy (non-hydrogen) atoms. The quantitative estimate of drug-likeness (QED) is 0.845. The van der Waals surface area contributed by atoms with Gasteiger partial charge in [-0.3, -0.25) is 4.79 Å². The molecule has 1 fully saturated rings. The molecule has 0 spiro atoms. The van der Waals surface area contributed by atoms with Gasteiger partial charge in [0.05, 0.1) is 0 Å². The summed E-state index contributed by atoms with van der Waals surface area (Å²) in [5, 5.41) is 9.08. The van der Waals surface area contributed by atoms with Crippen LogP contribution < -0.4 is 0 Å². The Labute approximate surface area is 114 Å². The van der Waals surface area contributed by atoms with Gasteiger partial charge in [-0.05, 0) is 31.9 Å². The Morgan fingerprint density at radius 2 is 2.05 bits per heavy atom. The SMILES string of the molecule is Cc1cc(C)cc(/C=C/C(=O)N2CCC(CO)C2)c1. The number of amides is 1. The molecule has 1 heterocycles. The summed E-state index contributed by atoms with van der Waals surface area (Å²) in [6, 6.07) is 6.25. The van der Waals surface area contributed by atoms with E-state index in [9.17, 15) is 4.79 Å². The third-order valence-electron chi connectivity index (χ3n) is 3.52. The summed E-state index contributed by atoms with van der Waals surface area (Å²) in [6.45, 7) is 5.70. The molecule has 1 atom stereocenters. The van der Waals surface area contributed by atoms with Gasteiger partial charge < -0.3 is 10.0 Å². The Balaban J connectivity index is 2.00. The Morgan fingerprint density at radius 3 is 2.63 bits per heavy atom. The van der Waals surface area contributed by atoms with Gasteiger partial charge in [-0.25, -0.2) is 0 Å². The molecule has 0 saturated carbocycles. The normalized spacial score (nSPS) is 19.3. The number of hydrogen-bond acceptors (Lipinski definition) is 2. The molecule has 0 bridgehead atoms. The molecular formula is C16H21NO2. The summed E-state index contributed by atoms with van der Waals surface area (Å²) >= 11 is 0. The number of carbonyl (C=O) groups excluding carboxylic acids is 1. The first-order valence-electron chi connectivity index (χ1n) is 6.74. The lowest BCUT2D eigenvalue weighted by molar-refractivity contribution is -0.125. The highest BCUT2D eigenvalue weighted by Crippen LogP contribution is 2.16. The predicted octanol–water partition coefficient (Wildman–Crippen LogP) is 2.16. The number of hydrogen-bond donors (Lipinski definition) is 1. The average Bonchev–Trinajstić information content (AvgIpc) is 2.83. The molecule has 0 aromatic heterocycles. The molecule has 0 radical (unpaired) electrons. The standard InChI is InChI=1S/C16H21NO2/c1-12-7-13(2)9-14(8-12)3-4-16(19)17-6-5-15(10-17)11-18/h3-4,7-9,15,18H,5-6,10-11H2,1-2H3/b4-3+. The largest absolute Gasteiger partial charge is 0.396 e. The highest BCUT2D eigenvalue weighted by atomic mass is 16.3. The molecule has 3 heteroatoms. The summed E-state index contributed by atoms with van der Waals surface area (Å²) in [6.07, 6.45) is 4.40. The molecule has 1 amide bonds. The molecule has 1 aliphatic heterocycles. The van der Waals surface area contributed by atoms with Gasteiger partial charge in [-0.15, -0.1) is 0 Å². The van der Waals surface area contributed by atoms with Crippen LogP contribution in [0.3, 0.4) is 0 Å². The van der Waals surface area contributed by atoms with Crippen LogP contribution >= 0.6 is 0 Å². The van der Waals surface area contributed by atoms with Crippen molar-refractivity contribution in [1.82, 2.24) is 4.90 Å². The summed E-state index contributed by atoms with van der Waals surface area (Å²) < 4.78 is 0. The lowest BCUT2D eigenvalue weighted by Gasteiger charge is -2.13. The fourth-order valence-corrected chi connectivity index (χ4v) is 2.56. The van der Waals surface area contributed by atoms with Crippen molar-refractivity contribution in [2.45, 2.75) is 20.3 Å². The number of benzene rings is 1. The third-order valence-corrected chi connectivity index (χ3v) is 3.52. The maximum atomic E-state index is 12.0. The van der Waals surface area contributed by atoms with Crippen LogP contribution in [0.25, 0.3) is 6.08 Å². The Bertz CT molecular complexity index is 473. The highest BCUT2D eigenvalue weighted by Gasteiger charge is 2.23. The molecule has 3 nitrogen and oxygen atoms in total. The number of rotatable bonds is 3. The Morgan fingerprint density at radius 1 is 1.37 bits per heavy atom. The van der Waals surface area contributed by atoms with E-state index in [2.05, 4.69) is 32.0 Å². The van der Waals surface area contributed by atoms with E-state index in [0.29, 0.717) is 6.54 Å². The second kappa shape index (κ2) is 6.02. The zero-order valence-electron chi connectivity index (χ0n) is 11.6. The molecule has 0 aliphatic carbocycles. The van der Waals surface area contributed by atoms with E-state index < -0.39 is 0 Å². The minimum Gasteiger partial charge on any atom is -0.396 e. The van der Waals surface area contributed by atoms with Crippen molar-refractivity contribution in [1.29, 1.82) is 0 Å². The zero-order chi connectivity index (χ0) is 13.8. The van der Waals surface area contributed by atoms with Crippen LogP contribution in [0, 0.1) is 19.8 Å². The van der Waals surface area contributed by atoms with E-state index >= 15 is 0 Å². The number of nitrogens with zero attached hydrogens (tertiary/aromatic N) is 1. The highest BCUT2D eigenvalue weighted by molar-refractivity contribution is 5.92. The van der Waals surface area contributed by atoms with Crippen molar-refractivity contribution >= 4 is 12.0 Å². The first kappa shape index (κ1) is 13.8. The van der Waals surface area contributed by atoms with Gasteiger partial charge in [0, 0.05) is 31.7 Å². The molecule has 1 saturated heterocycles. The second-order valence-electron chi connectivity index (χ2n) is 5.38. The monoisotopic (exact) mass is 259 g/mol. The summed E-state index contributed by atoms with van der Waals surface area (Å²) in [5.74, 6) is 0.286. The van der Waals surface area contributed by atoms with Crippen LogP contribution in [0.2, 0.25) is 0 Å². The fourth-order valence-electron chi connectivity index (χ4n) is 2.56. The number of aliphatic hydroxyl groups excluding tert-OH is 1. The van der Waals surface area contributed by atoms with Crippen LogP contribution in [0.4, 0.5) is 0 Å². The van der Waals surface area contributed by atoms with Gasteiger partial charge in [0.25, 0.3) is 0 Å². The fraction of sp³-hybridized carbons (Fsp3) is 0.438. The van der Waals surface area contributed by atoms with Crippen LogP contribution in [0.15, 0.2) is 24.3 Å². The minimum absolute atomic E-state index is 0.0371. The smallest absolute Gasteiger partial charge is 0.246 e. The van der Waals surface area contributed by atoms with Crippen molar-refractivity contribution in [3.63, 3.8) is 0 Å². The Hall–Kier alpha value is -1.61. The lowest BCUT2D eigenvalue weighted by Crippen LogP contribution is -2.27. The van der Waals surface area contributed by atoms with Crippen molar-refractivity contribution in [2.24, 2.45) is 5.92 Å². The molecule has 2 rings (SSSR count). The van der Waals surface area contributed by atoms with Gasteiger partial charge in [-0.1, -0.05) is 29.3 Å². The summed E-state index contributed by atoms with van der Waals surface area (Å²) in [5.41, 5.74) is 3.46. The topological polar surface area (TPSA) is 40.5 Å². The van der Waals surface area contributed by atoms with E-state index in [1.807, 2.05) is 6.08 Å². The summed E-state index contributed by atoms with van der Waals surface area (Å²) in [4.78, 5) is 13.8. The summed E-state index contributed by atoms with van der Waals surface area (Å²) in [7, 11) is 0. The van der Waals surface area contributed by atoms with Crippen LogP contribution in [-0.4, -0.2) is 35.6 Å². The Kier molecular flexibility index (Phi) is 4.38. The van der Waals surface area contributed by atoms with E-state index in [-0.39, 0.29) is 18.4 Å². The van der Waals surface area contributed by atoms with Crippen LogP contribution in [-0.2, 0) is 4.79 Å². The van der Waals surface area contributed by atoms with E-state index in [1.165, 1.54) is 11.1 Å². The molecular weight excluding hydrogens is 238 g/mol. The first-order valence-corrected chi connectivity index (χ1v) is 6.74. The maximum Gasteiger partial charge on any atom is 0.246 e. The van der Waals surface area contributed by atoms with Crippen molar-refractivity contribution in [3.05, 3.63) is 41.0 Å². The van der Waals surface area contributed by atoms with Gasteiger partial charge in [-0.2, -0.15) is 0 Å². The first-order chi connectivity index (χ1) is 9.08. The average molecular weight is 259 g/mol. The molecule has 102 valence electrons. The van der Waals surface area contributed by atoms with Gasteiger partial charge in [0.1, 0.15) is 0 Å². The minimum atomic E-state index is 0.0371. The van der Waals surface area contributed by atoms with E-state index in [1.54, 1.807) is 11.0 Å². The molecule has 1 unspecified atom stereocenters. The predicted molar refractivity (Wildman–Crippen MR) is 76.7 cm³/mol. The third kappa shape index (κ3) is 3.67. The maximum absolute atomic E-state index is 12.0. The van der Waals surface area contributed by atoms with Crippen molar-refractivity contribution in [2.75, 3.05) is 19.7 Å². The van der Waals surface area contributed by atoms with Crippen LogP contribution in [0.5, 0.6) is 0 Å². The lowest BCUT2D eigenvalue weighted by atomic mass is 10.1. The van der Waals surface area contributed by atoms with Crippen molar-refractivity contribution < 1.29 is 9.90 Å². The number of carbonyl (C=O) groups is 1. The van der Waals surface area contributed by atoms with Crippen molar-refractivity contribution in [3.8, 4) is 0 Å². The molecule has 1 aromatic rings. The zero-order valence-corrected chi connectivity index (χ0v) is 11.6. The van der Waals surface area contributed by atoms with E-state index in [0.717, 1.165) is 18.5 Å². The van der Waals surface area contributed by atoms with E-state index in [4.69, 9.17) is 5.11 Å². The van der Waals surface area contributed by atoms with Crippen LogP contribution in [0.1, 0.15) is 23.1 Å².